The van der Waals surface area contributed by atoms with Crippen molar-refractivity contribution in [3.8, 4) is 0 Å². The van der Waals surface area contributed by atoms with Crippen molar-refractivity contribution in [2.24, 2.45) is 0 Å². The summed E-state index contributed by atoms with van der Waals surface area (Å²) >= 11 is 12.3. The van der Waals surface area contributed by atoms with Crippen molar-refractivity contribution in [3.05, 3.63) is 9.81 Å². The van der Waals surface area contributed by atoms with Crippen LogP contribution in [-0.2, 0) is 9.59 Å². The van der Waals surface area contributed by atoms with Gasteiger partial charge in [-0.15, -0.1) is 0 Å². The summed E-state index contributed by atoms with van der Waals surface area (Å²) in [6.07, 6.45) is 0. The maximum atomic E-state index is 11.8. The molecule has 4 nitrogen and oxygen atoms in total. The Balaban J connectivity index is 2.45. The molecule has 0 aliphatic carbocycles. The van der Waals surface area contributed by atoms with Gasteiger partial charge in [0.1, 0.15) is 8.64 Å². The zero-order valence-corrected chi connectivity index (χ0v) is 11.6. The monoisotopic (exact) mass is 290 g/mol. The Labute approximate surface area is 111 Å². The zero-order valence-electron chi connectivity index (χ0n) is 8.34. The Hall–Kier alpha value is -0.440. The molecule has 0 N–H and O–H groups in total. The van der Waals surface area contributed by atoms with Gasteiger partial charge >= 0.3 is 0 Å². The molecule has 0 unspecified atom stereocenters. The highest BCUT2D eigenvalue weighted by molar-refractivity contribution is 8.29. The third-order valence-electron chi connectivity index (χ3n) is 2.13. The summed E-state index contributed by atoms with van der Waals surface area (Å²) in [5, 5.41) is 0. The highest BCUT2D eigenvalue weighted by Gasteiger charge is 2.39. The molecule has 2 rings (SSSR count). The van der Waals surface area contributed by atoms with Crippen LogP contribution < -0.4 is 0 Å². The molecule has 0 aromatic heterocycles. The van der Waals surface area contributed by atoms with E-state index in [0.717, 1.165) is 23.5 Å². The molecule has 0 radical (unpaired) electrons. The number of carbonyl (C=O) groups is 2. The van der Waals surface area contributed by atoms with Gasteiger partial charge in [-0.2, -0.15) is 0 Å². The molecule has 2 aliphatic rings. The first-order chi connectivity index (χ1) is 7.43. The number of nitrogens with zero attached hydrogens (tertiary/aromatic N) is 2. The number of hydrogen-bond donors (Lipinski definition) is 0. The van der Waals surface area contributed by atoms with E-state index in [-0.39, 0.29) is 11.8 Å². The van der Waals surface area contributed by atoms with E-state index in [1.165, 1.54) is 9.80 Å². The summed E-state index contributed by atoms with van der Waals surface area (Å²) in [6, 6.07) is 0. The lowest BCUT2D eigenvalue weighted by Crippen LogP contribution is -2.24. The molecule has 0 bridgehead atoms. The highest BCUT2D eigenvalue weighted by Crippen LogP contribution is 2.40. The molecule has 2 aliphatic heterocycles. The largest absolute Gasteiger partial charge is 0.296 e. The second-order valence-electron chi connectivity index (χ2n) is 3.12. The van der Waals surface area contributed by atoms with Crippen molar-refractivity contribution < 1.29 is 9.59 Å². The average molecular weight is 290 g/mol. The van der Waals surface area contributed by atoms with E-state index in [4.69, 9.17) is 24.4 Å². The summed E-state index contributed by atoms with van der Waals surface area (Å²) < 4.78 is 0.919. The van der Waals surface area contributed by atoms with E-state index in [1.807, 2.05) is 0 Å². The molecule has 2 fully saturated rings. The van der Waals surface area contributed by atoms with Gasteiger partial charge in [-0.05, 0) is 0 Å². The molecule has 0 aromatic rings. The minimum atomic E-state index is -0.232. The summed E-state index contributed by atoms with van der Waals surface area (Å²) in [4.78, 5) is 27.1. The molecule has 2 amide bonds. The number of rotatable bonds is 0. The van der Waals surface area contributed by atoms with Crippen LogP contribution in [0.5, 0.6) is 0 Å². The predicted molar refractivity (Wildman–Crippen MR) is 72.9 cm³/mol. The lowest BCUT2D eigenvalue weighted by atomic mass is 10.4. The smallest absolute Gasteiger partial charge is 0.267 e. The lowest BCUT2D eigenvalue weighted by Gasteiger charge is -2.04. The number of hydrogen-bond acceptors (Lipinski definition) is 6. The normalized spacial score (nSPS) is 26.4. The first-order valence-electron chi connectivity index (χ1n) is 4.17. The molecule has 0 saturated carbocycles. The number of likely N-dealkylation sites (N-methyl/N-ethyl adjacent to an activating group) is 2. The number of thiocarbonyl (C=S) groups is 2. The Morgan fingerprint density at radius 1 is 0.875 bits per heavy atom. The molecular weight excluding hydrogens is 284 g/mol. The minimum absolute atomic E-state index is 0.232. The van der Waals surface area contributed by atoms with Crippen molar-refractivity contribution in [2.75, 3.05) is 14.1 Å². The van der Waals surface area contributed by atoms with Crippen LogP contribution in [0.4, 0.5) is 0 Å². The summed E-state index contributed by atoms with van der Waals surface area (Å²) in [5.41, 5.74) is 0. The Kier molecular flexibility index (Phi) is 3.08. The summed E-state index contributed by atoms with van der Waals surface area (Å²) in [7, 11) is 3.19. The van der Waals surface area contributed by atoms with Crippen LogP contribution in [0.3, 0.4) is 0 Å². The lowest BCUT2D eigenvalue weighted by molar-refractivity contribution is -0.123. The van der Waals surface area contributed by atoms with Crippen molar-refractivity contribution in [1.29, 1.82) is 0 Å². The summed E-state index contributed by atoms with van der Waals surface area (Å²) in [5.74, 6) is -0.465. The van der Waals surface area contributed by atoms with E-state index in [1.54, 1.807) is 14.1 Å². The zero-order chi connectivity index (χ0) is 12.0. The van der Waals surface area contributed by atoms with Crippen LogP contribution in [0.2, 0.25) is 0 Å². The molecule has 8 heteroatoms. The summed E-state index contributed by atoms with van der Waals surface area (Å²) in [6.45, 7) is 0. The third kappa shape index (κ3) is 1.69. The molecule has 2 saturated heterocycles. The molecule has 0 spiro atoms. The molecule has 0 atom stereocenters. The number of carbonyl (C=O) groups excluding carboxylic acids is 2. The standard InChI is InChI=1S/C8H6N2O2S4/c1-9-5(11)3(15-7(9)13)4-6(12)10(2)8(14)16-4/h1-2H3/b4-3+. The van der Waals surface area contributed by atoms with E-state index >= 15 is 0 Å². The Morgan fingerprint density at radius 3 is 1.38 bits per heavy atom. The average Bonchev–Trinajstić information content (AvgIpc) is 2.64. The van der Waals surface area contributed by atoms with Gasteiger partial charge < -0.3 is 0 Å². The number of amides is 2. The van der Waals surface area contributed by atoms with Crippen molar-refractivity contribution >= 4 is 68.4 Å². The maximum Gasteiger partial charge on any atom is 0.267 e. The SMILES string of the molecule is CN1C(=O)/C(=C2\SC(=S)N(C)C2=O)SC1=S. The predicted octanol–water partition coefficient (Wildman–Crippen LogP) is 1.18. The fourth-order valence-electron chi connectivity index (χ4n) is 1.16. The van der Waals surface area contributed by atoms with Gasteiger partial charge in [-0.1, -0.05) is 48.0 Å². The minimum Gasteiger partial charge on any atom is -0.296 e. The Bertz CT molecular complexity index is 429. The highest BCUT2D eigenvalue weighted by atomic mass is 32.2. The number of thioether (sulfide) groups is 2. The quantitative estimate of drug-likeness (QED) is 0.493. The Morgan fingerprint density at radius 2 is 1.19 bits per heavy atom. The van der Waals surface area contributed by atoms with Gasteiger partial charge in [0.25, 0.3) is 11.8 Å². The maximum absolute atomic E-state index is 11.8. The van der Waals surface area contributed by atoms with Crippen LogP contribution >= 0.6 is 48.0 Å². The third-order valence-corrected chi connectivity index (χ3v) is 5.37. The van der Waals surface area contributed by atoms with Crippen molar-refractivity contribution in [2.45, 2.75) is 0 Å². The fourth-order valence-corrected chi connectivity index (χ4v) is 3.67. The molecule has 84 valence electrons. The van der Waals surface area contributed by atoms with E-state index in [2.05, 4.69) is 0 Å². The first-order valence-corrected chi connectivity index (χ1v) is 6.62. The molecular formula is C8H6N2O2S4. The molecule has 16 heavy (non-hydrogen) atoms. The van der Waals surface area contributed by atoms with Gasteiger partial charge in [-0.3, -0.25) is 19.4 Å². The van der Waals surface area contributed by atoms with Gasteiger partial charge in [0.2, 0.25) is 0 Å². The second kappa shape index (κ2) is 4.10. The van der Waals surface area contributed by atoms with Gasteiger partial charge in [0.15, 0.2) is 0 Å². The van der Waals surface area contributed by atoms with Gasteiger partial charge in [0, 0.05) is 14.1 Å². The van der Waals surface area contributed by atoms with Crippen LogP contribution in [0, 0.1) is 0 Å². The van der Waals surface area contributed by atoms with Crippen molar-refractivity contribution in [3.63, 3.8) is 0 Å². The molecule has 0 aromatic carbocycles. The van der Waals surface area contributed by atoms with Crippen LogP contribution in [-0.4, -0.2) is 44.4 Å². The molecule has 2 heterocycles. The van der Waals surface area contributed by atoms with Crippen LogP contribution in [0.1, 0.15) is 0 Å². The second-order valence-corrected chi connectivity index (χ2v) is 6.41. The topological polar surface area (TPSA) is 40.6 Å². The van der Waals surface area contributed by atoms with Crippen LogP contribution in [0.15, 0.2) is 9.81 Å². The fraction of sp³-hybridized carbons (Fsp3) is 0.250. The van der Waals surface area contributed by atoms with E-state index in [0.29, 0.717) is 18.5 Å². The van der Waals surface area contributed by atoms with E-state index in [9.17, 15) is 9.59 Å². The van der Waals surface area contributed by atoms with E-state index < -0.39 is 0 Å². The van der Waals surface area contributed by atoms with Gasteiger partial charge in [0.05, 0.1) is 9.81 Å². The van der Waals surface area contributed by atoms with Crippen LogP contribution in [0.25, 0.3) is 0 Å². The first kappa shape index (κ1) is 12.0. The van der Waals surface area contributed by atoms with Gasteiger partial charge in [-0.25, -0.2) is 0 Å². The van der Waals surface area contributed by atoms with Crippen molar-refractivity contribution in [1.82, 2.24) is 9.80 Å².